The van der Waals surface area contributed by atoms with Crippen LogP contribution in [0.5, 0.6) is 0 Å². The number of hydrogen-bond donors (Lipinski definition) is 2. The topological polar surface area (TPSA) is 109 Å². The number of rotatable bonds is 4. The number of hydrogen-bond acceptors (Lipinski definition) is 5. The van der Waals surface area contributed by atoms with Gasteiger partial charge in [-0.15, -0.1) is 0 Å². The van der Waals surface area contributed by atoms with Crippen molar-refractivity contribution in [1.29, 1.82) is 5.26 Å². The summed E-state index contributed by atoms with van der Waals surface area (Å²) in [6.07, 6.45) is 1.36. The molecule has 6 nitrogen and oxygen atoms in total. The van der Waals surface area contributed by atoms with Crippen LogP contribution in [0.1, 0.15) is 12.6 Å². The molecule has 0 spiro atoms. The minimum absolute atomic E-state index is 0.113. The van der Waals surface area contributed by atoms with Gasteiger partial charge in [0.05, 0.1) is 0 Å². The van der Waals surface area contributed by atoms with Crippen molar-refractivity contribution >= 4 is 10.0 Å². The van der Waals surface area contributed by atoms with Gasteiger partial charge in [-0.05, 0) is 19.1 Å². The molecule has 1 rings (SSSR count). The number of sulfonamides is 1. The zero-order valence-corrected chi connectivity index (χ0v) is 9.53. The zero-order chi connectivity index (χ0) is 12.2. The molecule has 0 bridgehead atoms. The van der Waals surface area contributed by atoms with Gasteiger partial charge in [0, 0.05) is 18.8 Å². The highest BCUT2D eigenvalue weighted by molar-refractivity contribution is 7.89. The van der Waals surface area contributed by atoms with Gasteiger partial charge in [-0.25, -0.2) is 18.1 Å². The Morgan fingerprint density at radius 1 is 1.69 bits per heavy atom. The Morgan fingerprint density at radius 2 is 2.38 bits per heavy atom. The largest absolute Gasteiger partial charge is 0.327 e. The van der Waals surface area contributed by atoms with Gasteiger partial charge in [0.25, 0.3) is 0 Å². The summed E-state index contributed by atoms with van der Waals surface area (Å²) in [5.74, 6) is 0. The normalized spacial score (nSPS) is 13.1. The maximum Gasteiger partial charge on any atom is 0.243 e. The van der Waals surface area contributed by atoms with Gasteiger partial charge in [0.1, 0.15) is 11.0 Å². The fraction of sp³-hybridized carbons (Fsp3) is 0.333. The molecule has 0 amide bonds. The smallest absolute Gasteiger partial charge is 0.243 e. The molecule has 0 aliphatic carbocycles. The van der Waals surface area contributed by atoms with Crippen molar-refractivity contribution in [3.8, 4) is 6.07 Å². The number of nitrogens with two attached hydrogens (primary N) is 1. The van der Waals surface area contributed by atoms with Crippen molar-refractivity contribution in [1.82, 2.24) is 9.71 Å². The summed E-state index contributed by atoms with van der Waals surface area (Å²) in [7, 11) is -3.71. The van der Waals surface area contributed by atoms with E-state index >= 15 is 0 Å². The Hall–Kier alpha value is -1.49. The molecule has 3 N–H and O–H groups in total. The van der Waals surface area contributed by atoms with Gasteiger partial charge in [-0.1, -0.05) is 0 Å². The first kappa shape index (κ1) is 12.6. The molecule has 16 heavy (non-hydrogen) atoms. The SMILES string of the molecule is CC(N)CNS(=O)(=O)c1cccnc1C#N. The second-order valence-electron chi connectivity index (χ2n) is 3.29. The molecule has 0 saturated heterocycles. The van der Waals surface area contributed by atoms with E-state index in [1.165, 1.54) is 18.3 Å². The van der Waals surface area contributed by atoms with Crippen LogP contribution in [0, 0.1) is 11.3 Å². The van der Waals surface area contributed by atoms with Crippen molar-refractivity contribution in [3.05, 3.63) is 24.0 Å². The predicted octanol–water partition coefficient (Wildman–Crippen LogP) is -0.421. The first-order chi connectivity index (χ1) is 7.47. The maximum absolute atomic E-state index is 11.8. The Labute approximate surface area is 94.2 Å². The fourth-order valence-electron chi connectivity index (χ4n) is 1.01. The average molecular weight is 240 g/mol. The summed E-state index contributed by atoms with van der Waals surface area (Å²) in [5, 5.41) is 8.73. The lowest BCUT2D eigenvalue weighted by Gasteiger charge is -2.09. The molecule has 1 heterocycles. The van der Waals surface area contributed by atoms with Gasteiger partial charge in [0.2, 0.25) is 10.0 Å². The van der Waals surface area contributed by atoms with Crippen LogP contribution in [-0.4, -0.2) is 26.0 Å². The van der Waals surface area contributed by atoms with Crippen molar-refractivity contribution in [2.45, 2.75) is 17.9 Å². The van der Waals surface area contributed by atoms with Crippen molar-refractivity contribution in [2.75, 3.05) is 6.54 Å². The Bertz CT molecular complexity index is 504. The molecule has 1 aromatic rings. The van der Waals surface area contributed by atoms with E-state index in [9.17, 15) is 8.42 Å². The minimum Gasteiger partial charge on any atom is -0.327 e. The fourth-order valence-corrected chi connectivity index (χ4v) is 2.26. The number of aromatic nitrogens is 1. The summed E-state index contributed by atoms with van der Waals surface area (Å²) in [4.78, 5) is 3.55. The molecule has 1 aromatic heterocycles. The molecular weight excluding hydrogens is 228 g/mol. The number of pyridine rings is 1. The van der Waals surface area contributed by atoms with E-state index in [-0.39, 0.29) is 23.2 Å². The first-order valence-corrected chi connectivity index (χ1v) is 6.06. The van der Waals surface area contributed by atoms with Gasteiger partial charge in [0.15, 0.2) is 5.69 Å². The van der Waals surface area contributed by atoms with Gasteiger partial charge >= 0.3 is 0 Å². The van der Waals surface area contributed by atoms with Crippen molar-refractivity contribution in [2.24, 2.45) is 5.73 Å². The molecule has 0 fully saturated rings. The lowest BCUT2D eigenvalue weighted by molar-refractivity contribution is 0.573. The highest BCUT2D eigenvalue weighted by Crippen LogP contribution is 2.11. The van der Waals surface area contributed by atoms with Crippen LogP contribution >= 0.6 is 0 Å². The van der Waals surface area contributed by atoms with Crippen LogP contribution in [-0.2, 0) is 10.0 Å². The Morgan fingerprint density at radius 3 is 2.94 bits per heavy atom. The second kappa shape index (κ2) is 5.03. The molecule has 0 saturated carbocycles. The van der Waals surface area contributed by atoms with Crippen LogP contribution < -0.4 is 10.5 Å². The second-order valence-corrected chi connectivity index (χ2v) is 5.03. The standard InChI is InChI=1S/C9H12N4O2S/c1-7(11)6-13-16(14,15)9-3-2-4-12-8(9)5-10/h2-4,7,13H,6,11H2,1H3. The molecule has 0 aliphatic heterocycles. The highest BCUT2D eigenvalue weighted by atomic mass is 32.2. The maximum atomic E-state index is 11.8. The van der Waals surface area contributed by atoms with Crippen LogP contribution in [0.2, 0.25) is 0 Å². The summed E-state index contributed by atoms with van der Waals surface area (Å²) >= 11 is 0. The van der Waals surface area contributed by atoms with Crippen LogP contribution in [0.25, 0.3) is 0 Å². The van der Waals surface area contributed by atoms with Gasteiger partial charge in [-0.2, -0.15) is 5.26 Å². The van der Waals surface area contributed by atoms with E-state index in [0.29, 0.717) is 0 Å². The number of nitrogens with one attached hydrogen (secondary N) is 1. The third-order valence-electron chi connectivity index (χ3n) is 1.76. The summed E-state index contributed by atoms with van der Waals surface area (Å²) in [5.41, 5.74) is 5.32. The molecule has 1 atom stereocenters. The molecule has 86 valence electrons. The molecule has 0 aromatic carbocycles. The zero-order valence-electron chi connectivity index (χ0n) is 8.71. The molecule has 1 unspecified atom stereocenters. The van der Waals surface area contributed by atoms with Crippen LogP contribution in [0.15, 0.2) is 23.2 Å². The van der Waals surface area contributed by atoms with E-state index < -0.39 is 10.0 Å². The minimum atomic E-state index is -3.71. The molecule has 0 radical (unpaired) electrons. The van der Waals surface area contributed by atoms with Crippen molar-refractivity contribution < 1.29 is 8.42 Å². The van der Waals surface area contributed by atoms with Gasteiger partial charge in [-0.3, -0.25) is 0 Å². The highest BCUT2D eigenvalue weighted by Gasteiger charge is 2.18. The van der Waals surface area contributed by atoms with Crippen LogP contribution in [0.3, 0.4) is 0 Å². The summed E-state index contributed by atoms with van der Waals surface area (Å²) < 4.78 is 25.8. The predicted molar refractivity (Wildman–Crippen MR) is 57.8 cm³/mol. The van der Waals surface area contributed by atoms with Gasteiger partial charge < -0.3 is 5.73 Å². The van der Waals surface area contributed by atoms with E-state index in [0.717, 1.165) is 0 Å². The lowest BCUT2D eigenvalue weighted by Crippen LogP contribution is -2.35. The van der Waals surface area contributed by atoms with Crippen LogP contribution in [0.4, 0.5) is 0 Å². The molecule has 7 heteroatoms. The monoisotopic (exact) mass is 240 g/mol. The third-order valence-corrected chi connectivity index (χ3v) is 3.22. The lowest BCUT2D eigenvalue weighted by atomic mass is 10.4. The number of nitrogens with zero attached hydrogens (tertiary/aromatic N) is 2. The Balaban J connectivity index is 3.04. The quantitative estimate of drug-likeness (QED) is 0.742. The third kappa shape index (κ3) is 3.00. The van der Waals surface area contributed by atoms with E-state index in [4.69, 9.17) is 11.0 Å². The summed E-state index contributed by atoms with van der Waals surface area (Å²) in [6.45, 7) is 1.79. The van der Waals surface area contributed by atoms with E-state index in [1.807, 2.05) is 0 Å². The summed E-state index contributed by atoms with van der Waals surface area (Å²) in [6, 6.07) is 4.22. The van der Waals surface area contributed by atoms with Crippen molar-refractivity contribution in [3.63, 3.8) is 0 Å². The van der Waals surface area contributed by atoms with E-state index in [2.05, 4.69) is 9.71 Å². The molecular formula is C9H12N4O2S. The Kier molecular flexibility index (Phi) is 3.95. The molecule has 0 aliphatic rings. The number of nitriles is 1. The van der Waals surface area contributed by atoms with E-state index in [1.54, 1.807) is 13.0 Å². The first-order valence-electron chi connectivity index (χ1n) is 4.57. The average Bonchev–Trinajstić information content (AvgIpc) is 2.26.